The molecule has 1 aromatic heterocycles. The van der Waals surface area contributed by atoms with Gasteiger partial charge in [0.1, 0.15) is 5.75 Å². The van der Waals surface area contributed by atoms with Gasteiger partial charge in [0.15, 0.2) is 0 Å². The number of amides is 1. The van der Waals surface area contributed by atoms with Crippen molar-refractivity contribution in [3.63, 3.8) is 0 Å². The molecule has 2 aromatic rings. The van der Waals surface area contributed by atoms with Crippen LogP contribution in [0.4, 0.5) is 5.69 Å². The third kappa shape index (κ3) is 5.48. The van der Waals surface area contributed by atoms with Crippen LogP contribution in [0.15, 0.2) is 48.8 Å². The molecule has 0 saturated carbocycles. The molecule has 1 aliphatic rings. The Balaban J connectivity index is 1.64. The Morgan fingerprint density at radius 2 is 1.87 bits per heavy atom. The van der Waals surface area contributed by atoms with Crippen LogP contribution in [0.2, 0.25) is 0 Å². The van der Waals surface area contributed by atoms with Gasteiger partial charge in [0.2, 0.25) is 0 Å². The number of pyridine rings is 1. The number of methoxy groups -OCH3 is 1. The number of rotatable bonds is 7. The second-order valence-corrected chi connectivity index (χ2v) is 6.95. The summed E-state index contributed by atoms with van der Waals surface area (Å²) in [6.07, 6.45) is 3.52. The SMILES string of the molecule is CCOC(=O)C(=O)NC[C@H](c1cccnc1)N1CCN(c2ccc(OC)cc2)CC1. The number of piperazine rings is 1. The minimum Gasteiger partial charge on any atom is -0.497 e. The molecule has 1 saturated heterocycles. The molecule has 0 bridgehead atoms. The maximum absolute atomic E-state index is 12.0. The highest BCUT2D eigenvalue weighted by molar-refractivity contribution is 6.32. The fraction of sp³-hybridized carbons (Fsp3) is 0.409. The Labute approximate surface area is 176 Å². The molecule has 1 amide bonds. The van der Waals surface area contributed by atoms with Crippen molar-refractivity contribution in [1.82, 2.24) is 15.2 Å². The van der Waals surface area contributed by atoms with Gasteiger partial charge in [0, 0.05) is 50.8 Å². The Bertz CT molecular complexity index is 821. The summed E-state index contributed by atoms with van der Waals surface area (Å²) in [5.41, 5.74) is 2.16. The lowest BCUT2D eigenvalue weighted by atomic mass is 10.1. The molecule has 30 heavy (non-hydrogen) atoms. The lowest BCUT2D eigenvalue weighted by Gasteiger charge is -2.40. The number of hydrogen-bond donors (Lipinski definition) is 1. The molecule has 0 aliphatic carbocycles. The maximum atomic E-state index is 12.0. The van der Waals surface area contributed by atoms with Gasteiger partial charge in [-0.25, -0.2) is 4.79 Å². The molecule has 1 aromatic carbocycles. The van der Waals surface area contributed by atoms with Gasteiger partial charge in [-0.1, -0.05) is 6.07 Å². The summed E-state index contributed by atoms with van der Waals surface area (Å²) in [4.78, 5) is 32.5. The van der Waals surface area contributed by atoms with E-state index in [4.69, 9.17) is 9.47 Å². The molecule has 2 heterocycles. The van der Waals surface area contributed by atoms with Crippen LogP contribution in [0.1, 0.15) is 18.5 Å². The summed E-state index contributed by atoms with van der Waals surface area (Å²) in [5.74, 6) is -0.735. The molecule has 1 atom stereocenters. The fourth-order valence-corrected chi connectivity index (χ4v) is 3.57. The molecule has 8 nitrogen and oxygen atoms in total. The van der Waals surface area contributed by atoms with E-state index < -0.39 is 11.9 Å². The first-order valence-corrected chi connectivity index (χ1v) is 10.1. The van der Waals surface area contributed by atoms with Crippen molar-refractivity contribution >= 4 is 17.6 Å². The molecule has 1 aliphatic heterocycles. The van der Waals surface area contributed by atoms with E-state index in [0.29, 0.717) is 6.54 Å². The van der Waals surface area contributed by atoms with E-state index in [-0.39, 0.29) is 12.6 Å². The van der Waals surface area contributed by atoms with Crippen molar-refractivity contribution in [3.05, 3.63) is 54.4 Å². The van der Waals surface area contributed by atoms with Crippen LogP contribution >= 0.6 is 0 Å². The summed E-state index contributed by atoms with van der Waals surface area (Å²) in [6.45, 7) is 5.51. The summed E-state index contributed by atoms with van der Waals surface area (Å²) >= 11 is 0. The van der Waals surface area contributed by atoms with E-state index in [1.807, 2.05) is 24.3 Å². The quantitative estimate of drug-likeness (QED) is 0.547. The van der Waals surface area contributed by atoms with E-state index in [2.05, 4.69) is 32.2 Å². The van der Waals surface area contributed by atoms with E-state index in [1.54, 1.807) is 26.4 Å². The largest absolute Gasteiger partial charge is 0.497 e. The number of hydrogen-bond acceptors (Lipinski definition) is 7. The first-order valence-electron chi connectivity index (χ1n) is 10.1. The van der Waals surface area contributed by atoms with Crippen molar-refractivity contribution in [2.45, 2.75) is 13.0 Å². The van der Waals surface area contributed by atoms with Crippen LogP contribution in [0.25, 0.3) is 0 Å². The summed E-state index contributed by atoms with van der Waals surface area (Å²) < 4.78 is 10.0. The van der Waals surface area contributed by atoms with Crippen molar-refractivity contribution in [2.24, 2.45) is 0 Å². The lowest BCUT2D eigenvalue weighted by molar-refractivity contribution is -0.154. The number of nitrogens with zero attached hydrogens (tertiary/aromatic N) is 3. The Morgan fingerprint density at radius 1 is 1.13 bits per heavy atom. The number of anilines is 1. The highest BCUT2D eigenvalue weighted by Gasteiger charge is 2.27. The fourth-order valence-electron chi connectivity index (χ4n) is 3.57. The Morgan fingerprint density at radius 3 is 2.47 bits per heavy atom. The molecule has 0 radical (unpaired) electrons. The summed E-state index contributed by atoms with van der Waals surface area (Å²) in [5, 5.41) is 2.71. The molecule has 3 rings (SSSR count). The van der Waals surface area contributed by atoms with Crippen LogP contribution in [0.5, 0.6) is 5.75 Å². The zero-order valence-corrected chi connectivity index (χ0v) is 17.4. The van der Waals surface area contributed by atoms with Gasteiger partial charge in [-0.05, 0) is 42.8 Å². The van der Waals surface area contributed by atoms with Gasteiger partial charge >= 0.3 is 11.9 Å². The molecule has 8 heteroatoms. The maximum Gasteiger partial charge on any atom is 0.396 e. The van der Waals surface area contributed by atoms with Gasteiger partial charge in [-0.3, -0.25) is 14.7 Å². The third-order valence-corrected chi connectivity index (χ3v) is 5.18. The van der Waals surface area contributed by atoms with Crippen molar-refractivity contribution in [3.8, 4) is 5.75 Å². The number of esters is 1. The first-order chi connectivity index (χ1) is 14.6. The lowest BCUT2D eigenvalue weighted by Crippen LogP contribution is -2.50. The summed E-state index contributed by atoms with van der Waals surface area (Å²) in [7, 11) is 1.66. The molecular weight excluding hydrogens is 384 g/mol. The number of carbonyl (C=O) groups is 2. The molecular formula is C22H28N4O4. The zero-order chi connectivity index (χ0) is 21.3. The summed E-state index contributed by atoms with van der Waals surface area (Å²) in [6, 6.07) is 11.8. The number of nitrogens with one attached hydrogen (secondary N) is 1. The van der Waals surface area contributed by atoms with Crippen LogP contribution < -0.4 is 15.0 Å². The normalized spacial score (nSPS) is 15.3. The van der Waals surface area contributed by atoms with E-state index in [9.17, 15) is 9.59 Å². The topological polar surface area (TPSA) is 84.0 Å². The number of benzene rings is 1. The van der Waals surface area contributed by atoms with Crippen molar-refractivity contribution in [2.75, 3.05) is 51.3 Å². The van der Waals surface area contributed by atoms with E-state index >= 15 is 0 Å². The van der Waals surface area contributed by atoms with Crippen LogP contribution in [-0.4, -0.2) is 68.2 Å². The standard InChI is InChI=1S/C22H28N4O4/c1-3-30-22(28)21(27)24-16-20(17-5-4-10-23-15-17)26-13-11-25(12-14-26)18-6-8-19(29-2)9-7-18/h4-10,15,20H,3,11-14,16H2,1-2H3,(H,24,27)/t20-/m1/s1. The van der Waals surface area contributed by atoms with Gasteiger partial charge in [-0.15, -0.1) is 0 Å². The monoisotopic (exact) mass is 412 g/mol. The smallest absolute Gasteiger partial charge is 0.396 e. The van der Waals surface area contributed by atoms with Gasteiger partial charge in [0.05, 0.1) is 19.8 Å². The van der Waals surface area contributed by atoms with Gasteiger partial charge in [-0.2, -0.15) is 0 Å². The van der Waals surface area contributed by atoms with E-state index in [1.165, 1.54) is 0 Å². The Kier molecular flexibility index (Phi) is 7.62. The number of ether oxygens (including phenoxy) is 2. The molecule has 1 N–H and O–H groups in total. The number of carbonyl (C=O) groups excluding carboxylic acids is 2. The minimum atomic E-state index is -0.855. The first kappa shape index (κ1) is 21.6. The molecule has 0 spiro atoms. The van der Waals surface area contributed by atoms with Gasteiger partial charge < -0.3 is 19.7 Å². The minimum absolute atomic E-state index is 0.0740. The second-order valence-electron chi connectivity index (χ2n) is 6.95. The van der Waals surface area contributed by atoms with Crippen LogP contribution in [0.3, 0.4) is 0 Å². The highest BCUT2D eigenvalue weighted by atomic mass is 16.5. The second kappa shape index (κ2) is 10.6. The Hall–Kier alpha value is -3.13. The number of aromatic nitrogens is 1. The molecule has 1 fully saturated rings. The van der Waals surface area contributed by atoms with Crippen molar-refractivity contribution < 1.29 is 19.1 Å². The van der Waals surface area contributed by atoms with E-state index in [0.717, 1.165) is 43.2 Å². The predicted octanol–water partition coefficient (Wildman–Crippen LogP) is 1.63. The molecule has 0 unspecified atom stereocenters. The highest BCUT2D eigenvalue weighted by Crippen LogP contribution is 2.25. The zero-order valence-electron chi connectivity index (χ0n) is 17.4. The predicted molar refractivity (Wildman–Crippen MR) is 113 cm³/mol. The third-order valence-electron chi connectivity index (χ3n) is 5.18. The molecule has 160 valence electrons. The van der Waals surface area contributed by atoms with Crippen molar-refractivity contribution in [1.29, 1.82) is 0 Å². The van der Waals surface area contributed by atoms with Crippen LogP contribution in [0, 0.1) is 0 Å². The van der Waals surface area contributed by atoms with Crippen LogP contribution in [-0.2, 0) is 14.3 Å². The average molecular weight is 412 g/mol. The average Bonchev–Trinajstić information content (AvgIpc) is 2.80. The van der Waals surface area contributed by atoms with Gasteiger partial charge in [0.25, 0.3) is 0 Å².